The number of carbonyl (C=O) groups excluding carboxylic acids is 1. The molecular weight excluding hydrogens is 376 g/mol. The van der Waals surface area contributed by atoms with E-state index in [1.165, 1.54) is 16.8 Å². The molecule has 4 heterocycles. The first kappa shape index (κ1) is 18.6. The summed E-state index contributed by atoms with van der Waals surface area (Å²) in [6.07, 6.45) is 6.74. The zero-order valence-electron chi connectivity index (χ0n) is 15.6. The third-order valence-corrected chi connectivity index (χ3v) is 4.83. The van der Waals surface area contributed by atoms with E-state index >= 15 is 0 Å². The topological polar surface area (TPSA) is 122 Å². The highest BCUT2D eigenvalue weighted by Crippen LogP contribution is 2.14. The molecule has 1 saturated heterocycles. The molecule has 11 nitrogen and oxygen atoms in total. The van der Waals surface area contributed by atoms with E-state index in [2.05, 4.69) is 25.1 Å². The Labute approximate surface area is 165 Å². The van der Waals surface area contributed by atoms with Gasteiger partial charge in [0.1, 0.15) is 6.33 Å². The zero-order valence-corrected chi connectivity index (χ0v) is 15.6. The number of anilines is 1. The summed E-state index contributed by atoms with van der Waals surface area (Å²) in [7, 11) is 0. The first-order valence-corrected chi connectivity index (χ1v) is 9.25. The summed E-state index contributed by atoms with van der Waals surface area (Å²) in [5.74, 6) is 1.43. The van der Waals surface area contributed by atoms with E-state index < -0.39 is 11.2 Å². The van der Waals surface area contributed by atoms with Crippen molar-refractivity contribution in [3.05, 3.63) is 64.0 Å². The van der Waals surface area contributed by atoms with E-state index in [1.54, 1.807) is 28.2 Å². The number of hydrogen-bond acceptors (Lipinski definition) is 7. The maximum atomic E-state index is 12.5. The van der Waals surface area contributed by atoms with Crippen LogP contribution < -0.4 is 16.1 Å². The summed E-state index contributed by atoms with van der Waals surface area (Å²) in [4.78, 5) is 45.3. The molecule has 0 aromatic carbocycles. The maximum absolute atomic E-state index is 12.5. The van der Waals surface area contributed by atoms with Crippen LogP contribution in [0.25, 0.3) is 5.82 Å². The van der Waals surface area contributed by atoms with Gasteiger partial charge in [-0.2, -0.15) is 0 Å². The van der Waals surface area contributed by atoms with Crippen molar-refractivity contribution in [1.82, 2.24) is 34.2 Å². The van der Waals surface area contributed by atoms with Crippen molar-refractivity contribution in [3.8, 4) is 5.82 Å². The Morgan fingerprint density at radius 2 is 1.76 bits per heavy atom. The van der Waals surface area contributed by atoms with Gasteiger partial charge >= 0.3 is 5.69 Å². The number of imidazole rings is 1. The normalized spacial score (nSPS) is 14.2. The van der Waals surface area contributed by atoms with E-state index in [-0.39, 0.29) is 18.9 Å². The van der Waals surface area contributed by atoms with Crippen LogP contribution in [-0.4, -0.2) is 66.3 Å². The minimum absolute atomic E-state index is 0.0238. The minimum Gasteiger partial charge on any atom is -0.352 e. The molecule has 1 aliphatic heterocycles. The summed E-state index contributed by atoms with van der Waals surface area (Å²) in [6, 6.07) is 5.05. The van der Waals surface area contributed by atoms with Crippen molar-refractivity contribution in [2.75, 3.05) is 31.1 Å². The number of aromatic amines is 1. The summed E-state index contributed by atoms with van der Waals surface area (Å²) in [5.41, 5.74) is -0.956. The molecule has 0 atom stereocenters. The summed E-state index contributed by atoms with van der Waals surface area (Å²) >= 11 is 0. The zero-order chi connectivity index (χ0) is 20.2. The van der Waals surface area contributed by atoms with Crippen LogP contribution in [0.1, 0.15) is 6.42 Å². The molecular formula is C18H20N8O3. The van der Waals surface area contributed by atoms with Crippen molar-refractivity contribution in [2.45, 2.75) is 13.0 Å². The quantitative estimate of drug-likeness (QED) is 0.602. The fourth-order valence-corrected chi connectivity index (χ4v) is 3.20. The molecule has 29 heavy (non-hydrogen) atoms. The number of H-pyrrole nitrogens is 1. The average molecular weight is 396 g/mol. The van der Waals surface area contributed by atoms with E-state index in [9.17, 15) is 14.4 Å². The van der Waals surface area contributed by atoms with Gasteiger partial charge in [-0.25, -0.2) is 9.78 Å². The number of carbonyl (C=O) groups is 1. The molecule has 1 aliphatic rings. The molecule has 150 valence electrons. The summed E-state index contributed by atoms with van der Waals surface area (Å²) < 4.78 is 3.11. The molecule has 1 N–H and O–H groups in total. The Morgan fingerprint density at radius 3 is 2.41 bits per heavy atom. The number of nitrogens with one attached hydrogen (secondary N) is 1. The average Bonchev–Trinajstić information content (AvgIpc) is 3.28. The molecule has 3 aromatic rings. The van der Waals surface area contributed by atoms with Crippen molar-refractivity contribution >= 4 is 11.7 Å². The third-order valence-electron chi connectivity index (χ3n) is 4.83. The lowest BCUT2D eigenvalue weighted by Crippen LogP contribution is -2.49. The molecule has 0 radical (unpaired) electrons. The van der Waals surface area contributed by atoms with Crippen molar-refractivity contribution < 1.29 is 4.79 Å². The molecule has 1 fully saturated rings. The standard InChI is InChI=1S/C18H20N8O3/c27-16-3-6-25(18(29)20-16)7-4-17(28)24-11-9-23(10-12-24)14-1-2-15(22-21-14)26-8-5-19-13-26/h1-3,5-6,8,13H,4,7,9-12H2,(H,20,27,29). The summed E-state index contributed by atoms with van der Waals surface area (Å²) in [5, 5.41) is 8.50. The van der Waals surface area contributed by atoms with Crippen LogP contribution >= 0.6 is 0 Å². The molecule has 0 aliphatic carbocycles. The van der Waals surface area contributed by atoms with Crippen molar-refractivity contribution in [1.29, 1.82) is 0 Å². The highest BCUT2D eigenvalue weighted by Gasteiger charge is 2.22. The monoisotopic (exact) mass is 396 g/mol. The second-order valence-electron chi connectivity index (χ2n) is 6.64. The second-order valence-corrected chi connectivity index (χ2v) is 6.64. The lowest BCUT2D eigenvalue weighted by atomic mass is 10.2. The van der Waals surface area contributed by atoms with Crippen LogP contribution in [-0.2, 0) is 11.3 Å². The molecule has 0 saturated carbocycles. The molecule has 3 aromatic heterocycles. The lowest BCUT2D eigenvalue weighted by Gasteiger charge is -2.35. The first-order valence-electron chi connectivity index (χ1n) is 9.25. The Balaban J connectivity index is 1.30. The molecule has 11 heteroatoms. The van der Waals surface area contributed by atoms with Crippen molar-refractivity contribution in [3.63, 3.8) is 0 Å². The Bertz CT molecular complexity index is 1080. The van der Waals surface area contributed by atoms with Crippen LogP contribution in [0.2, 0.25) is 0 Å². The smallest absolute Gasteiger partial charge is 0.328 e. The lowest BCUT2D eigenvalue weighted by molar-refractivity contribution is -0.131. The van der Waals surface area contributed by atoms with E-state index in [0.717, 1.165) is 5.82 Å². The van der Waals surface area contributed by atoms with Crippen LogP contribution in [0.5, 0.6) is 0 Å². The molecule has 4 rings (SSSR count). The number of aryl methyl sites for hydroxylation is 1. The Morgan fingerprint density at radius 1 is 1.00 bits per heavy atom. The fourth-order valence-electron chi connectivity index (χ4n) is 3.20. The highest BCUT2D eigenvalue weighted by molar-refractivity contribution is 5.76. The van der Waals surface area contributed by atoms with Crippen LogP contribution in [0, 0.1) is 0 Å². The van der Waals surface area contributed by atoms with Gasteiger partial charge in [0.2, 0.25) is 5.91 Å². The van der Waals surface area contributed by atoms with Gasteiger partial charge in [0.05, 0.1) is 0 Å². The van der Waals surface area contributed by atoms with Gasteiger partial charge in [0.25, 0.3) is 5.56 Å². The molecule has 0 unspecified atom stereocenters. The molecule has 0 spiro atoms. The maximum Gasteiger partial charge on any atom is 0.328 e. The molecule has 0 bridgehead atoms. The van der Waals surface area contributed by atoms with Gasteiger partial charge in [-0.3, -0.25) is 19.1 Å². The summed E-state index contributed by atoms with van der Waals surface area (Å²) in [6.45, 7) is 2.69. The fraction of sp³-hybridized carbons (Fsp3) is 0.333. The van der Waals surface area contributed by atoms with Gasteiger partial charge in [0.15, 0.2) is 11.6 Å². The first-order chi connectivity index (χ1) is 14.1. The van der Waals surface area contributed by atoms with Gasteiger partial charge in [-0.1, -0.05) is 0 Å². The number of amides is 1. The van der Waals surface area contributed by atoms with Gasteiger partial charge < -0.3 is 14.4 Å². The van der Waals surface area contributed by atoms with E-state index in [0.29, 0.717) is 32.0 Å². The molecule has 1 amide bonds. The number of piperazine rings is 1. The highest BCUT2D eigenvalue weighted by atomic mass is 16.2. The van der Waals surface area contributed by atoms with E-state index in [4.69, 9.17) is 0 Å². The Hall–Kier alpha value is -3.76. The predicted octanol–water partition coefficient (Wildman–Crippen LogP) is -0.749. The van der Waals surface area contributed by atoms with Crippen LogP contribution in [0.15, 0.2) is 52.7 Å². The van der Waals surface area contributed by atoms with E-state index in [1.807, 2.05) is 12.1 Å². The second kappa shape index (κ2) is 8.09. The van der Waals surface area contributed by atoms with Crippen LogP contribution in [0.3, 0.4) is 0 Å². The number of nitrogens with zero attached hydrogens (tertiary/aromatic N) is 7. The van der Waals surface area contributed by atoms with Gasteiger partial charge in [0, 0.05) is 63.8 Å². The SMILES string of the molecule is O=C(CCn1ccc(=O)[nH]c1=O)N1CCN(c2ccc(-n3ccnc3)nn2)CC1. The number of aromatic nitrogens is 6. The van der Waals surface area contributed by atoms with Gasteiger partial charge in [-0.05, 0) is 12.1 Å². The Kier molecular flexibility index (Phi) is 5.18. The number of hydrogen-bond donors (Lipinski definition) is 1. The van der Waals surface area contributed by atoms with Crippen LogP contribution in [0.4, 0.5) is 5.82 Å². The number of rotatable bonds is 5. The minimum atomic E-state index is -0.507. The van der Waals surface area contributed by atoms with Crippen molar-refractivity contribution in [2.24, 2.45) is 0 Å². The largest absolute Gasteiger partial charge is 0.352 e. The van der Waals surface area contributed by atoms with Gasteiger partial charge in [-0.15, -0.1) is 10.2 Å². The predicted molar refractivity (Wildman–Crippen MR) is 104 cm³/mol. The third kappa shape index (κ3) is 4.23.